The van der Waals surface area contributed by atoms with E-state index in [1.54, 1.807) is 18.2 Å². The van der Waals surface area contributed by atoms with Crippen LogP contribution in [0, 0.1) is 0 Å². The topological polar surface area (TPSA) is 55.1 Å². The monoisotopic (exact) mass is 442 g/mol. The van der Waals surface area contributed by atoms with Gasteiger partial charge >= 0.3 is 0 Å². The number of amides is 1. The van der Waals surface area contributed by atoms with Crippen molar-refractivity contribution in [3.63, 3.8) is 0 Å². The summed E-state index contributed by atoms with van der Waals surface area (Å²) in [6.07, 6.45) is 0. The average molecular weight is 443 g/mol. The number of nitrogens with one attached hydrogen (secondary N) is 1. The van der Waals surface area contributed by atoms with Gasteiger partial charge in [-0.1, -0.05) is 47.5 Å². The Bertz CT molecular complexity index is 1120. The third kappa shape index (κ3) is 4.75. The van der Waals surface area contributed by atoms with Gasteiger partial charge < -0.3 is 9.73 Å². The van der Waals surface area contributed by atoms with E-state index in [1.165, 1.54) is 11.8 Å². The number of para-hydroxylation sites is 2. The average Bonchev–Trinajstić information content (AvgIpc) is 3.15. The highest BCUT2D eigenvalue weighted by Crippen LogP contribution is 2.29. The smallest absolute Gasteiger partial charge is 0.234 e. The van der Waals surface area contributed by atoms with Gasteiger partial charge in [0.25, 0.3) is 0 Å². The summed E-state index contributed by atoms with van der Waals surface area (Å²) in [5, 5.41) is 4.12. The Hall–Kier alpha value is -2.47. The molecule has 0 aliphatic heterocycles. The Morgan fingerprint density at radius 1 is 1.00 bits per heavy atom. The molecular weight excluding hydrogens is 427 g/mol. The third-order valence-corrected chi connectivity index (χ3v) is 5.90. The van der Waals surface area contributed by atoms with Gasteiger partial charge in [-0.15, -0.1) is 11.8 Å². The predicted molar refractivity (Wildman–Crippen MR) is 121 cm³/mol. The quantitative estimate of drug-likeness (QED) is 0.362. The maximum Gasteiger partial charge on any atom is 0.234 e. The van der Waals surface area contributed by atoms with Gasteiger partial charge in [0.2, 0.25) is 11.8 Å². The van der Waals surface area contributed by atoms with Crippen LogP contribution < -0.4 is 5.32 Å². The molecule has 0 bridgehead atoms. The SMILES string of the molecule is O=C(CSCc1c(Cl)cccc1Cl)Nc1cccc(-c2nc3ccccc3o2)c1. The van der Waals surface area contributed by atoms with Crippen molar-refractivity contribution in [1.82, 2.24) is 4.98 Å². The number of fused-ring (bicyclic) bond motifs is 1. The van der Waals surface area contributed by atoms with Crippen LogP contribution in [-0.4, -0.2) is 16.6 Å². The number of nitrogens with zero attached hydrogens (tertiary/aromatic N) is 1. The molecule has 4 nitrogen and oxygen atoms in total. The molecule has 0 unspecified atom stereocenters. The summed E-state index contributed by atoms with van der Waals surface area (Å²) in [7, 11) is 0. The fourth-order valence-electron chi connectivity index (χ4n) is 2.84. The van der Waals surface area contributed by atoms with Gasteiger partial charge in [-0.3, -0.25) is 4.79 Å². The molecule has 0 atom stereocenters. The van der Waals surface area contributed by atoms with Crippen LogP contribution in [0.1, 0.15) is 5.56 Å². The van der Waals surface area contributed by atoms with Crippen LogP contribution in [0.25, 0.3) is 22.6 Å². The van der Waals surface area contributed by atoms with Gasteiger partial charge in [0, 0.05) is 27.0 Å². The third-order valence-electron chi connectivity index (χ3n) is 4.23. The summed E-state index contributed by atoms with van der Waals surface area (Å²) in [5.74, 6) is 1.27. The van der Waals surface area contributed by atoms with Gasteiger partial charge in [-0.2, -0.15) is 0 Å². The zero-order chi connectivity index (χ0) is 20.2. The van der Waals surface area contributed by atoms with Crippen molar-refractivity contribution in [2.45, 2.75) is 5.75 Å². The highest BCUT2D eigenvalue weighted by Gasteiger charge is 2.11. The van der Waals surface area contributed by atoms with E-state index in [4.69, 9.17) is 27.6 Å². The second-order valence-electron chi connectivity index (χ2n) is 6.31. The Labute approximate surface area is 182 Å². The molecule has 29 heavy (non-hydrogen) atoms. The van der Waals surface area contributed by atoms with E-state index < -0.39 is 0 Å². The number of rotatable bonds is 6. The fourth-order valence-corrected chi connectivity index (χ4v) is 4.40. The van der Waals surface area contributed by atoms with Crippen LogP contribution in [0.2, 0.25) is 10.0 Å². The van der Waals surface area contributed by atoms with E-state index in [0.29, 0.717) is 27.4 Å². The summed E-state index contributed by atoms with van der Waals surface area (Å²) in [6.45, 7) is 0. The van der Waals surface area contributed by atoms with Crippen molar-refractivity contribution in [1.29, 1.82) is 0 Å². The molecule has 3 aromatic carbocycles. The zero-order valence-electron chi connectivity index (χ0n) is 15.2. The number of thioether (sulfide) groups is 1. The van der Waals surface area contributed by atoms with Crippen LogP contribution in [0.15, 0.2) is 71.1 Å². The lowest BCUT2D eigenvalue weighted by Gasteiger charge is -2.08. The number of carbonyl (C=O) groups excluding carboxylic acids is 1. The maximum absolute atomic E-state index is 12.3. The Balaban J connectivity index is 1.39. The van der Waals surface area contributed by atoms with Crippen LogP contribution in [0.5, 0.6) is 0 Å². The standard InChI is InChI=1S/C22H16Cl2N2O2S/c23-17-7-4-8-18(24)16(17)12-29-13-21(27)25-15-6-3-5-14(11-15)22-26-19-9-1-2-10-20(19)28-22/h1-11H,12-13H2,(H,25,27). The first-order chi connectivity index (χ1) is 14.1. The van der Waals surface area contributed by atoms with Crippen molar-refractivity contribution in [3.8, 4) is 11.5 Å². The molecule has 0 fully saturated rings. The molecule has 0 aliphatic rings. The number of aromatic nitrogens is 1. The van der Waals surface area contributed by atoms with Crippen LogP contribution in [0.4, 0.5) is 5.69 Å². The Morgan fingerprint density at radius 2 is 1.76 bits per heavy atom. The summed E-state index contributed by atoms with van der Waals surface area (Å²) in [4.78, 5) is 16.8. The number of benzene rings is 3. The number of oxazole rings is 1. The molecule has 4 rings (SSSR count). The van der Waals surface area contributed by atoms with E-state index in [2.05, 4.69) is 10.3 Å². The first kappa shape index (κ1) is 19.8. The molecule has 4 aromatic rings. The van der Waals surface area contributed by atoms with Crippen LogP contribution in [0.3, 0.4) is 0 Å². The van der Waals surface area contributed by atoms with Crippen molar-refractivity contribution in [2.75, 3.05) is 11.1 Å². The summed E-state index contributed by atoms with van der Waals surface area (Å²) >= 11 is 13.8. The predicted octanol–water partition coefficient (Wildman–Crippen LogP) is 6.67. The van der Waals surface area contributed by atoms with Crippen molar-refractivity contribution in [2.24, 2.45) is 0 Å². The largest absolute Gasteiger partial charge is 0.436 e. The Kier molecular flexibility index (Phi) is 6.09. The minimum absolute atomic E-state index is 0.104. The van der Waals surface area contributed by atoms with E-state index in [9.17, 15) is 4.79 Å². The highest BCUT2D eigenvalue weighted by molar-refractivity contribution is 7.99. The molecule has 0 saturated heterocycles. The molecule has 0 aliphatic carbocycles. The normalized spacial score (nSPS) is 11.0. The molecule has 1 amide bonds. The highest BCUT2D eigenvalue weighted by atomic mass is 35.5. The molecular formula is C22H16Cl2N2O2S. The second kappa shape index (κ2) is 8.91. The number of hydrogen-bond donors (Lipinski definition) is 1. The van der Waals surface area contributed by atoms with Gasteiger partial charge in [-0.25, -0.2) is 4.98 Å². The first-order valence-corrected chi connectivity index (χ1v) is 10.8. The number of hydrogen-bond acceptors (Lipinski definition) is 4. The molecule has 1 aromatic heterocycles. The minimum Gasteiger partial charge on any atom is -0.436 e. The van der Waals surface area contributed by atoms with Crippen LogP contribution in [-0.2, 0) is 10.5 Å². The zero-order valence-corrected chi connectivity index (χ0v) is 17.5. The second-order valence-corrected chi connectivity index (χ2v) is 8.11. The van der Waals surface area contributed by atoms with Crippen molar-refractivity contribution >= 4 is 57.7 Å². The van der Waals surface area contributed by atoms with Crippen molar-refractivity contribution < 1.29 is 9.21 Å². The first-order valence-electron chi connectivity index (χ1n) is 8.86. The van der Waals surface area contributed by atoms with Gasteiger partial charge in [0.15, 0.2) is 5.58 Å². The lowest BCUT2D eigenvalue weighted by Crippen LogP contribution is -2.14. The fraction of sp³-hybridized carbons (Fsp3) is 0.0909. The molecule has 0 radical (unpaired) electrons. The van der Waals surface area contributed by atoms with E-state index >= 15 is 0 Å². The molecule has 7 heteroatoms. The van der Waals surface area contributed by atoms with Gasteiger partial charge in [-0.05, 0) is 48.0 Å². The van der Waals surface area contributed by atoms with Crippen LogP contribution >= 0.6 is 35.0 Å². The van der Waals surface area contributed by atoms with E-state index in [0.717, 1.165) is 22.2 Å². The van der Waals surface area contributed by atoms with E-state index in [1.807, 2.05) is 48.5 Å². The minimum atomic E-state index is -0.104. The lowest BCUT2D eigenvalue weighted by molar-refractivity contribution is -0.113. The molecule has 1 N–H and O–H groups in total. The van der Waals surface area contributed by atoms with Gasteiger partial charge in [0.05, 0.1) is 5.75 Å². The number of anilines is 1. The summed E-state index contributed by atoms with van der Waals surface area (Å²) in [6, 6.07) is 20.4. The molecule has 146 valence electrons. The maximum atomic E-state index is 12.3. The van der Waals surface area contributed by atoms with Gasteiger partial charge in [0.1, 0.15) is 5.52 Å². The summed E-state index contributed by atoms with van der Waals surface area (Å²) in [5.41, 5.74) is 3.85. The van der Waals surface area contributed by atoms with Crippen molar-refractivity contribution in [3.05, 3.63) is 82.3 Å². The number of carbonyl (C=O) groups is 1. The molecule has 0 spiro atoms. The molecule has 1 heterocycles. The Morgan fingerprint density at radius 3 is 2.55 bits per heavy atom. The summed E-state index contributed by atoms with van der Waals surface area (Å²) < 4.78 is 5.80. The number of halogens is 2. The molecule has 0 saturated carbocycles. The van der Waals surface area contributed by atoms with E-state index in [-0.39, 0.29) is 11.7 Å². The lowest BCUT2D eigenvalue weighted by atomic mass is 10.2.